The quantitative estimate of drug-likeness (QED) is 0.702. The number of anilines is 2. The van der Waals surface area contributed by atoms with Crippen LogP contribution in [-0.4, -0.2) is 37.5 Å². The number of hydrogen-bond acceptors (Lipinski definition) is 5. The Kier molecular flexibility index (Phi) is 6.62. The summed E-state index contributed by atoms with van der Waals surface area (Å²) in [6.07, 6.45) is -0.127. The molecule has 1 aliphatic heterocycles. The van der Waals surface area contributed by atoms with Crippen LogP contribution in [0.1, 0.15) is 30.6 Å². The van der Waals surface area contributed by atoms with Gasteiger partial charge in [0.1, 0.15) is 5.75 Å². The highest BCUT2D eigenvalue weighted by Gasteiger charge is 2.36. The topological polar surface area (TPSA) is 84.9 Å². The second kappa shape index (κ2) is 9.17. The maximum atomic E-state index is 12.7. The molecule has 30 heavy (non-hydrogen) atoms. The van der Waals surface area contributed by atoms with Crippen molar-refractivity contribution in [2.24, 2.45) is 5.92 Å². The average Bonchev–Trinajstić information content (AvgIpc) is 3.09. The van der Waals surface area contributed by atoms with Crippen LogP contribution in [0.25, 0.3) is 0 Å². The van der Waals surface area contributed by atoms with Crippen molar-refractivity contribution >= 4 is 40.8 Å². The molecule has 0 spiro atoms. The molecular formula is C22H23ClN2O5. The Hall–Kier alpha value is -3.06. The first kappa shape index (κ1) is 21.6. The fourth-order valence-corrected chi connectivity index (χ4v) is 3.37. The standard InChI is InChI=1S/C22H23ClN2O5/c1-13(2)30-22(28)14-4-7-17(8-5-14)24-21(27)15-10-20(26)25(12-15)18-11-16(23)6-9-19(18)29-3/h4-9,11,13,15H,10,12H2,1-3H3,(H,24,27). The van der Waals surface area contributed by atoms with Crippen molar-refractivity contribution in [2.75, 3.05) is 23.9 Å². The molecule has 0 aromatic heterocycles. The van der Waals surface area contributed by atoms with Crippen LogP contribution in [-0.2, 0) is 14.3 Å². The highest BCUT2D eigenvalue weighted by molar-refractivity contribution is 6.31. The molecule has 1 unspecified atom stereocenters. The summed E-state index contributed by atoms with van der Waals surface area (Å²) in [7, 11) is 1.51. The molecule has 1 aliphatic rings. The van der Waals surface area contributed by atoms with Crippen molar-refractivity contribution in [1.29, 1.82) is 0 Å². The van der Waals surface area contributed by atoms with E-state index in [2.05, 4.69) is 5.32 Å². The van der Waals surface area contributed by atoms with Gasteiger partial charge in [0.05, 0.1) is 30.4 Å². The highest BCUT2D eigenvalue weighted by atomic mass is 35.5. The Morgan fingerprint density at radius 2 is 1.87 bits per heavy atom. The summed E-state index contributed by atoms with van der Waals surface area (Å²) in [5.41, 5.74) is 1.47. The number of carbonyl (C=O) groups is 3. The second-order valence-electron chi connectivity index (χ2n) is 7.24. The van der Waals surface area contributed by atoms with E-state index in [1.165, 1.54) is 12.0 Å². The van der Waals surface area contributed by atoms with Crippen LogP contribution < -0.4 is 15.0 Å². The first-order valence-corrected chi connectivity index (χ1v) is 9.92. The Balaban J connectivity index is 1.67. The van der Waals surface area contributed by atoms with Crippen molar-refractivity contribution < 1.29 is 23.9 Å². The molecule has 1 heterocycles. The Bertz CT molecular complexity index is 959. The molecule has 2 aromatic rings. The lowest BCUT2D eigenvalue weighted by Gasteiger charge is -2.20. The van der Waals surface area contributed by atoms with Crippen molar-refractivity contribution in [3.8, 4) is 5.75 Å². The minimum Gasteiger partial charge on any atom is -0.495 e. The van der Waals surface area contributed by atoms with Gasteiger partial charge < -0.3 is 19.7 Å². The molecule has 0 bridgehead atoms. The highest BCUT2D eigenvalue weighted by Crippen LogP contribution is 2.35. The van der Waals surface area contributed by atoms with Gasteiger partial charge in [-0.15, -0.1) is 0 Å². The van der Waals surface area contributed by atoms with E-state index in [1.54, 1.807) is 56.3 Å². The number of methoxy groups -OCH3 is 1. The number of rotatable bonds is 6. The summed E-state index contributed by atoms with van der Waals surface area (Å²) in [4.78, 5) is 38.6. The van der Waals surface area contributed by atoms with Gasteiger partial charge in [-0.3, -0.25) is 9.59 Å². The van der Waals surface area contributed by atoms with Crippen LogP contribution in [0.4, 0.5) is 11.4 Å². The molecule has 2 amide bonds. The zero-order valence-electron chi connectivity index (χ0n) is 17.0. The normalized spacial score (nSPS) is 16.0. The lowest BCUT2D eigenvalue weighted by molar-refractivity contribution is -0.122. The second-order valence-corrected chi connectivity index (χ2v) is 7.68. The van der Waals surface area contributed by atoms with Crippen molar-refractivity contribution in [2.45, 2.75) is 26.4 Å². The summed E-state index contributed by atoms with van der Waals surface area (Å²) in [6.45, 7) is 3.77. The molecule has 0 radical (unpaired) electrons. The number of carbonyl (C=O) groups excluding carboxylic acids is 3. The number of ether oxygens (including phenoxy) is 2. The van der Waals surface area contributed by atoms with E-state index in [-0.39, 0.29) is 30.9 Å². The summed E-state index contributed by atoms with van der Waals surface area (Å²) < 4.78 is 10.5. The number of hydrogen-bond donors (Lipinski definition) is 1. The molecule has 1 fully saturated rings. The van der Waals surface area contributed by atoms with Gasteiger partial charge in [0, 0.05) is 23.7 Å². The van der Waals surface area contributed by atoms with E-state index >= 15 is 0 Å². The third-order valence-electron chi connectivity index (χ3n) is 4.66. The van der Waals surface area contributed by atoms with Gasteiger partial charge in [0.15, 0.2) is 0 Å². The van der Waals surface area contributed by atoms with Crippen LogP contribution >= 0.6 is 11.6 Å². The molecule has 8 heteroatoms. The third-order valence-corrected chi connectivity index (χ3v) is 4.89. The maximum Gasteiger partial charge on any atom is 0.338 e. The van der Waals surface area contributed by atoms with Crippen LogP contribution in [0, 0.1) is 5.92 Å². The fraction of sp³-hybridized carbons (Fsp3) is 0.318. The molecule has 0 saturated carbocycles. The molecule has 1 atom stereocenters. The monoisotopic (exact) mass is 430 g/mol. The predicted octanol–water partition coefficient (Wildman–Crippen LogP) is 3.91. The predicted molar refractivity (Wildman–Crippen MR) is 114 cm³/mol. The first-order chi connectivity index (χ1) is 14.3. The molecule has 2 aromatic carbocycles. The van der Waals surface area contributed by atoms with Gasteiger partial charge in [0.2, 0.25) is 11.8 Å². The Morgan fingerprint density at radius 1 is 1.17 bits per heavy atom. The number of esters is 1. The lowest BCUT2D eigenvalue weighted by atomic mass is 10.1. The van der Waals surface area contributed by atoms with Gasteiger partial charge in [-0.1, -0.05) is 11.6 Å². The van der Waals surface area contributed by atoms with Crippen LogP contribution in [0.2, 0.25) is 5.02 Å². The van der Waals surface area contributed by atoms with E-state index < -0.39 is 11.9 Å². The van der Waals surface area contributed by atoms with E-state index in [4.69, 9.17) is 21.1 Å². The number of halogens is 1. The van der Waals surface area contributed by atoms with Gasteiger partial charge in [0.25, 0.3) is 0 Å². The first-order valence-electron chi connectivity index (χ1n) is 9.54. The van der Waals surface area contributed by atoms with Crippen molar-refractivity contribution in [3.05, 3.63) is 53.1 Å². The zero-order chi connectivity index (χ0) is 21.8. The minimum absolute atomic E-state index is 0.0836. The molecule has 7 nitrogen and oxygen atoms in total. The fourth-order valence-electron chi connectivity index (χ4n) is 3.21. The van der Waals surface area contributed by atoms with Gasteiger partial charge >= 0.3 is 5.97 Å². The molecule has 3 rings (SSSR count). The number of nitrogens with zero attached hydrogens (tertiary/aromatic N) is 1. The maximum absolute atomic E-state index is 12.7. The van der Waals surface area contributed by atoms with E-state index in [0.29, 0.717) is 27.7 Å². The van der Waals surface area contributed by atoms with E-state index in [9.17, 15) is 14.4 Å². The zero-order valence-corrected chi connectivity index (χ0v) is 17.7. The summed E-state index contributed by atoms with van der Waals surface area (Å²) in [6, 6.07) is 11.4. The molecule has 0 aliphatic carbocycles. The number of benzene rings is 2. The van der Waals surface area contributed by atoms with Crippen LogP contribution in [0.5, 0.6) is 5.75 Å². The summed E-state index contributed by atoms with van der Waals surface area (Å²) in [5.74, 6) is -0.883. The summed E-state index contributed by atoms with van der Waals surface area (Å²) in [5, 5.41) is 3.27. The van der Waals surface area contributed by atoms with Gasteiger partial charge in [-0.05, 0) is 56.3 Å². The van der Waals surface area contributed by atoms with Gasteiger partial charge in [-0.2, -0.15) is 0 Å². The molecular weight excluding hydrogens is 408 g/mol. The van der Waals surface area contributed by atoms with Crippen LogP contribution in [0.3, 0.4) is 0 Å². The smallest absolute Gasteiger partial charge is 0.338 e. The Morgan fingerprint density at radius 3 is 2.50 bits per heavy atom. The third kappa shape index (κ3) is 4.91. The minimum atomic E-state index is -0.522. The SMILES string of the molecule is COc1ccc(Cl)cc1N1CC(C(=O)Nc2ccc(C(=O)OC(C)C)cc2)CC1=O. The molecule has 158 valence electrons. The number of nitrogens with one attached hydrogen (secondary N) is 1. The molecule has 1 saturated heterocycles. The Labute approximate surface area is 179 Å². The number of amides is 2. The van der Waals surface area contributed by atoms with Crippen LogP contribution in [0.15, 0.2) is 42.5 Å². The average molecular weight is 431 g/mol. The van der Waals surface area contributed by atoms with Crippen molar-refractivity contribution in [3.63, 3.8) is 0 Å². The van der Waals surface area contributed by atoms with E-state index in [0.717, 1.165) is 0 Å². The van der Waals surface area contributed by atoms with Crippen molar-refractivity contribution in [1.82, 2.24) is 0 Å². The van der Waals surface area contributed by atoms with Gasteiger partial charge in [-0.25, -0.2) is 4.79 Å². The molecule has 1 N–H and O–H groups in total. The lowest BCUT2D eigenvalue weighted by Crippen LogP contribution is -2.28. The van der Waals surface area contributed by atoms with E-state index in [1.807, 2.05) is 0 Å². The summed E-state index contributed by atoms with van der Waals surface area (Å²) >= 11 is 6.06. The largest absolute Gasteiger partial charge is 0.495 e.